The molecule has 0 radical (unpaired) electrons. The summed E-state index contributed by atoms with van der Waals surface area (Å²) >= 11 is 0. The lowest BCUT2D eigenvalue weighted by molar-refractivity contribution is -0.145. The van der Waals surface area contributed by atoms with Crippen LogP contribution in [0.4, 0.5) is 0 Å². The zero-order valence-corrected chi connectivity index (χ0v) is 11.4. The van der Waals surface area contributed by atoms with Crippen molar-refractivity contribution in [3.8, 4) is 0 Å². The van der Waals surface area contributed by atoms with Gasteiger partial charge in [0.25, 0.3) is 0 Å². The molecule has 102 valence electrons. The lowest BCUT2D eigenvalue weighted by Crippen LogP contribution is -2.15. The first-order valence-electron chi connectivity index (χ1n) is 6.47. The summed E-state index contributed by atoms with van der Waals surface area (Å²) in [5.41, 5.74) is 2.36. The number of aromatic nitrogens is 1. The van der Waals surface area contributed by atoms with Crippen LogP contribution in [0.3, 0.4) is 0 Å². The number of carbonyl (C=O) groups is 1. The van der Waals surface area contributed by atoms with Crippen LogP contribution in [-0.2, 0) is 27.2 Å². The van der Waals surface area contributed by atoms with E-state index in [1.165, 1.54) is 5.56 Å². The predicted molar refractivity (Wildman–Crippen MR) is 74.2 cm³/mol. The molecule has 1 aromatic heterocycles. The van der Waals surface area contributed by atoms with Gasteiger partial charge in [-0.05, 0) is 35.6 Å². The van der Waals surface area contributed by atoms with E-state index in [2.05, 4.69) is 25.1 Å². The van der Waals surface area contributed by atoms with Crippen molar-refractivity contribution >= 4 is 16.9 Å². The van der Waals surface area contributed by atoms with E-state index in [1.807, 2.05) is 16.8 Å². The van der Waals surface area contributed by atoms with Crippen molar-refractivity contribution in [2.75, 3.05) is 20.3 Å². The number of benzene rings is 1. The van der Waals surface area contributed by atoms with Gasteiger partial charge in [-0.2, -0.15) is 0 Å². The van der Waals surface area contributed by atoms with Gasteiger partial charge in [0.15, 0.2) is 0 Å². The van der Waals surface area contributed by atoms with Gasteiger partial charge in [0.1, 0.15) is 13.2 Å². The van der Waals surface area contributed by atoms with Crippen molar-refractivity contribution in [3.63, 3.8) is 0 Å². The molecule has 1 heterocycles. The van der Waals surface area contributed by atoms with Crippen LogP contribution in [0.15, 0.2) is 30.5 Å². The van der Waals surface area contributed by atoms with Crippen LogP contribution >= 0.6 is 0 Å². The summed E-state index contributed by atoms with van der Waals surface area (Å²) in [5.74, 6) is -0.242. The Labute approximate surface area is 112 Å². The van der Waals surface area contributed by atoms with Crippen LogP contribution in [0.25, 0.3) is 10.9 Å². The van der Waals surface area contributed by atoms with Gasteiger partial charge >= 0.3 is 5.97 Å². The highest BCUT2D eigenvalue weighted by Gasteiger charge is 2.07. The van der Waals surface area contributed by atoms with E-state index in [0.717, 1.165) is 17.3 Å². The minimum absolute atomic E-state index is 0.235. The first-order valence-corrected chi connectivity index (χ1v) is 6.47. The fourth-order valence-electron chi connectivity index (χ4n) is 2.03. The Kier molecular flexibility index (Phi) is 4.58. The zero-order chi connectivity index (χ0) is 13.7. The molecule has 0 aliphatic carbocycles. The molecule has 19 heavy (non-hydrogen) atoms. The molecule has 0 aliphatic heterocycles. The van der Waals surface area contributed by atoms with Crippen molar-refractivity contribution in [1.29, 1.82) is 0 Å². The molecule has 4 nitrogen and oxygen atoms in total. The number of esters is 1. The number of hydrogen-bond acceptors (Lipinski definition) is 3. The lowest BCUT2D eigenvalue weighted by Gasteiger charge is -2.07. The topological polar surface area (TPSA) is 40.5 Å². The molecule has 0 atom stereocenters. The molecule has 0 unspecified atom stereocenters. The fourth-order valence-corrected chi connectivity index (χ4v) is 2.03. The number of fused-ring (bicyclic) bond motifs is 1. The molecule has 0 amide bonds. The summed E-state index contributed by atoms with van der Waals surface area (Å²) in [6.45, 7) is 3.09. The Morgan fingerprint density at radius 1 is 1.26 bits per heavy atom. The molecular weight excluding hydrogens is 242 g/mol. The maximum atomic E-state index is 11.7. The maximum Gasteiger partial charge on any atom is 0.326 e. The highest BCUT2D eigenvalue weighted by atomic mass is 16.6. The van der Waals surface area contributed by atoms with Gasteiger partial charge < -0.3 is 14.0 Å². The molecule has 0 fully saturated rings. The van der Waals surface area contributed by atoms with Gasteiger partial charge in [-0.15, -0.1) is 0 Å². The van der Waals surface area contributed by atoms with E-state index in [0.29, 0.717) is 13.2 Å². The third-order valence-corrected chi connectivity index (χ3v) is 3.09. The average molecular weight is 261 g/mol. The Morgan fingerprint density at radius 2 is 2.11 bits per heavy atom. The van der Waals surface area contributed by atoms with E-state index < -0.39 is 0 Å². The minimum atomic E-state index is -0.242. The third-order valence-electron chi connectivity index (χ3n) is 3.09. The summed E-state index contributed by atoms with van der Waals surface area (Å²) < 4.78 is 11.8. The van der Waals surface area contributed by atoms with E-state index >= 15 is 0 Å². The molecule has 0 aliphatic rings. The first kappa shape index (κ1) is 13.6. The number of rotatable bonds is 6. The molecule has 1 aromatic carbocycles. The number of ether oxygens (including phenoxy) is 2. The van der Waals surface area contributed by atoms with Crippen molar-refractivity contribution in [2.45, 2.75) is 19.9 Å². The Balaban J connectivity index is 2.06. The minimum Gasteiger partial charge on any atom is -0.462 e. The van der Waals surface area contributed by atoms with Crippen LogP contribution in [0.1, 0.15) is 12.5 Å². The zero-order valence-electron chi connectivity index (χ0n) is 11.4. The number of hydrogen-bond donors (Lipinski definition) is 0. The largest absolute Gasteiger partial charge is 0.462 e. The molecule has 0 saturated heterocycles. The molecule has 0 N–H and O–H groups in total. The van der Waals surface area contributed by atoms with Crippen LogP contribution in [-0.4, -0.2) is 30.9 Å². The molecule has 2 aromatic rings. The Morgan fingerprint density at radius 3 is 2.84 bits per heavy atom. The fraction of sp³-hybridized carbons (Fsp3) is 0.400. The second-order valence-corrected chi connectivity index (χ2v) is 4.40. The molecular formula is C15H19NO3. The maximum absolute atomic E-state index is 11.7. The second-order valence-electron chi connectivity index (χ2n) is 4.40. The average Bonchev–Trinajstić information content (AvgIpc) is 2.81. The van der Waals surface area contributed by atoms with Crippen molar-refractivity contribution in [2.24, 2.45) is 0 Å². The summed E-state index contributed by atoms with van der Waals surface area (Å²) in [7, 11) is 1.58. The highest BCUT2D eigenvalue weighted by molar-refractivity contribution is 5.82. The molecule has 0 bridgehead atoms. The van der Waals surface area contributed by atoms with E-state index in [-0.39, 0.29) is 12.5 Å². The van der Waals surface area contributed by atoms with Gasteiger partial charge in [0, 0.05) is 18.8 Å². The smallest absolute Gasteiger partial charge is 0.326 e. The highest BCUT2D eigenvalue weighted by Crippen LogP contribution is 2.18. The number of methoxy groups -OCH3 is 1. The quantitative estimate of drug-likeness (QED) is 0.592. The Bertz CT molecular complexity index is 560. The molecule has 2 rings (SSSR count). The van der Waals surface area contributed by atoms with E-state index in [9.17, 15) is 4.79 Å². The molecule has 0 spiro atoms. The van der Waals surface area contributed by atoms with E-state index in [1.54, 1.807) is 7.11 Å². The van der Waals surface area contributed by atoms with Gasteiger partial charge in [0.2, 0.25) is 0 Å². The summed E-state index contributed by atoms with van der Waals surface area (Å²) in [5, 5.41) is 1.16. The van der Waals surface area contributed by atoms with Crippen LogP contribution in [0.2, 0.25) is 0 Å². The molecule has 0 saturated carbocycles. The van der Waals surface area contributed by atoms with Crippen molar-refractivity contribution in [1.82, 2.24) is 4.57 Å². The lowest BCUT2D eigenvalue weighted by atomic mass is 10.1. The second kappa shape index (κ2) is 6.38. The first-order chi connectivity index (χ1) is 9.24. The number of carbonyl (C=O) groups excluding carboxylic acids is 1. The normalized spacial score (nSPS) is 10.8. The van der Waals surface area contributed by atoms with Gasteiger partial charge in [-0.3, -0.25) is 4.79 Å². The van der Waals surface area contributed by atoms with Gasteiger partial charge in [0.05, 0.1) is 6.61 Å². The van der Waals surface area contributed by atoms with E-state index in [4.69, 9.17) is 9.47 Å². The van der Waals surface area contributed by atoms with Crippen molar-refractivity contribution < 1.29 is 14.3 Å². The van der Waals surface area contributed by atoms with Gasteiger partial charge in [-0.1, -0.05) is 13.0 Å². The number of nitrogens with zero attached hydrogens (tertiary/aromatic N) is 1. The third kappa shape index (κ3) is 3.35. The predicted octanol–water partition coefficient (Wildman–Crippen LogP) is 2.39. The summed E-state index contributed by atoms with van der Waals surface area (Å²) in [6.07, 6.45) is 2.93. The monoisotopic (exact) mass is 261 g/mol. The summed E-state index contributed by atoms with van der Waals surface area (Å²) in [6, 6.07) is 8.32. The summed E-state index contributed by atoms with van der Waals surface area (Å²) in [4.78, 5) is 11.7. The number of aryl methyl sites for hydroxylation is 1. The molecule has 4 heteroatoms. The van der Waals surface area contributed by atoms with Gasteiger partial charge in [-0.25, -0.2) is 0 Å². The van der Waals surface area contributed by atoms with Crippen LogP contribution in [0, 0.1) is 0 Å². The van der Waals surface area contributed by atoms with Crippen molar-refractivity contribution in [3.05, 3.63) is 36.0 Å². The SMILES string of the molecule is CCc1ccc2c(ccn2CC(=O)OCCOC)c1. The van der Waals surface area contributed by atoms with Crippen LogP contribution < -0.4 is 0 Å². The standard InChI is InChI=1S/C15H19NO3/c1-3-12-4-5-14-13(10-12)6-7-16(14)11-15(17)19-9-8-18-2/h4-7,10H,3,8-9,11H2,1-2H3. The van der Waals surface area contributed by atoms with Crippen LogP contribution in [0.5, 0.6) is 0 Å². The Hall–Kier alpha value is -1.81.